The van der Waals surface area contributed by atoms with E-state index in [4.69, 9.17) is 17.3 Å². The number of urea groups is 1. The van der Waals surface area contributed by atoms with Gasteiger partial charge in [-0.2, -0.15) is 0 Å². The fourth-order valence-electron chi connectivity index (χ4n) is 3.19. The van der Waals surface area contributed by atoms with Crippen LogP contribution >= 0.6 is 22.9 Å². The second kappa shape index (κ2) is 8.84. The van der Waals surface area contributed by atoms with Crippen LogP contribution < -0.4 is 11.1 Å². The molecule has 1 atom stereocenters. The van der Waals surface area contributed by atoms with E-state index < -0.39 is 6.03 Å². The first kappa shape index (κ1) is 19.8. The van der Waals surface area contributed by atoms with E-state index in [9.17, 15) is 9.59 Å². The third kappa shape index (κ3) is 5.07. The SMILES string of the molecule is CC(C(=O)NC(N)=O)N1CCN(Cc2ccc(-c3ccccc3Cl)s2)CC1. The zero-order chi connectivity index (χ0) is 19.4. The number of hydrogen-bond donors (Lipinski definition) is 2. The molecule has 0 bridgehead atoms. The van der Waals surface area contributed by atoms with Gasteiger partial charge >= 0.3 is 6.03 Å². The van der Waals surface area contributed by atoms with Crippen LogP contribution in [0.25, 0.3) is 10.4 Å². The van der Waals surface area contributed by atoms with E-state index in [2.05, 4.69) is 27.2 Å². The van der Waals surface area contributed by atoms with Crippen molar-refractivity contribution in [3.05, 3.63) is 46.3 Å². The lowest BCUT2D eigenvalue weighted by Crippen LogP contribution is -2.54. The van der Waals surface area contributed by atoms with E-state index in [0.717, 1.165) is 43.3 Å². The molecule has 3 rings (SSSR count). The van der Waals surface area contributed by atoms with E-state index >= 15 is 0 Å². The van der Waals surface area contributed by atoms with Crippen molar-refractivity contribution in [3.8, 4) is 10.4 Å². The summed E-state index contributed by atoms with van der Waals surface area (Å²) < 4.78 is 0. The lowest BCUT2D eigenvalue weighted by molar-refractivity contribution is -0.125. The number of halogens is 1. The highest BCUT2D eigenvalue weighted by atomic mass is 35.5. The molecule has 1 fully saturated rings. The molecule has 144 valence electrons. The Bertz CT molecular complexity index is 818. The molecule has 27 heavy (non-hydrogen) atoms. The Morgan fingerprint density at radius 3 is 2.56 bits per heavy atom. The molecular formula is C19H23ClN4O2S. The standard InChI is InChI=1S/C19H23ClN4O2S/c1-13(18(25)22-19(21)26)24-10-8-23(9-11-24)12-14-6-7-17(27-14)15-4-2-3-5-16(15)20/h2-7,13H,8-12H2,1H3,(H3,21,22,25,26). The van der Waals surface area contributed by atoms with E-state index in [1.54, 1.807) is 18.3 Å². The minimum Gasteiger partial charge on any atom is -0.351 e. The predicted molar refractivity (Wildman–Crippen MR) is 109 cm³/mol. The molecular weight excluding hydrogens is 384 g/mol. The van der Waals surface area contributed by atoms with E-state index in [1.165, 1.54) is 9.75 Å². The highest BCUT2D eigenvalue weighted by Crippen LogP contribution is 2.33. The largest absolute Gasteiger partial charge is 0.351 e. The van der Waals surface area contributed by atoms with Gasteiger partial charge in [0.05, 0.1) is 6.04 Å². The molecule has 8 heteroatoms. The number of carbonyl (C=O) groups is 2. The van der Waals surface area contributed by atoms with Gasteiger partial charge in [-0.1, -0.05) is 29.8 Å². The average molecular weight is 407 g/mol. The zero-order valence-corrected chi connectivity index (χ0v) is 16.7. The smallest absolute Gasteiger partial charge is 0.318 e. The Morgan fingerprint density at radius 1 is 1.19 bits per heavy atom. The third-order valence-corrected chi connectivity index (χ3v) is 6.19. The van der Waals surface area contributed by atoms with Crippen molar-refractivity contribution in [1.29, 1.82) is 0 Å². The summed E-state index contributed by atoms with van der Waals surface area (Å²) in [6, 6.07) is 11.0. The van der Waals surface area contributed by atoms with Crippen LogP contribution in [-0.2, 0) is 11.3 Å². The van der Waals surface area contributed by atoms with Gasteiger partial charge in [0.1, 0.15) is 0 Å². The fourth-order valence-corrected chi connectivity index (χ4v) is 4.57. The van der Waals surface area contributed by atoms with E-state index in [-0.39, 0.29) is 11.9 Å². The first-order valence-electron chi connectivity index (χ1n) is 8.84. The van der Waals surface area contributed by atoms with Gasteiger partial charge in [-0.15, -0.1) is 11.3 Å². The van der Waals surface area contributed by atoms with Crippen molar-refractivity contribution in [2.45, 2.75) is 19.5 Å². The minimum absolute atomic E-state index is 0.349. The van der Waals surface area contributed by atoms with Crippen LogP contribution in [0.3, 0.4) is 0 Å². The molecule has 1 saturated heterocycles. The monoisotopic (exact) mass is 406 g/mol. The van der Waals surface area contributed by atoms with Gasteiger partial charge in [0.25, 0.3) is 0 Å². The van der Waals surface area contributed by atoms with Gasteiger partial charge in [-0.05, 0) is 25.1 Å². The number of benzene rings is 1. The summed E-state index contributed by atoms with van der Waals surface area (Å²) >= 11 is 8.05. The maximum absolute atomic E-state index is 11.9. The number of hydrogen-bond acceptors (Lipinski definition) is 5. The minimum atomic E-state index is -0.808. The van der Waals surface area contributed by atoms with Crippen molar-refractivity contribution >= 4 is 34.9 Å². The first-order chi connectivity index (χ1) is 12.9. The summed E-state index contributed by atoms with van der Waals surface area (Å²) in [5.74, 6) is -0.349. The molecule has 1 unspecified atom stereocenters. The normalized spacial score (nSPS) is 16.8. The molecule has 0 spiro atoms. The van der Waals surface area contributed by atoms with Gasteiger partial charge in [-0.3, -0.25) is 19.9 Å². The Hall–Kier alpha value is -1.93. The number of primary amides is 1. The molecule has 2 aromatic rings. The van der Waals surface area contributed by atoms with Crippen molar-refractivity contribution in [2.24, 2.45) is 5.73 Å². The summed E-state index contributed by atoms with van der Waals surface area (Å²) in [6.07, 6.45) is 0. The number of nitrogens with one attached hydrogen (secondary N) is 1. The number of thiophene rings is 1. The van der Waals surface area contributed by atoms with Crippen molar-refractivity contribution in [1.82, 2.24) is 15.1 Å². The molecule has 1 aromatic carbocycles. The van der Waals surface area contributed by atoms with Gasteiger partial charge in [0.2, 0.25) is 5.91 Å². The third-order valence-electron chi connectivity index (χ3n) is 4.76. The molecule has 1 aromatic heterocycles. The topological polar surface area (TPSA) is 78.7 Å². The number of nitrogens with two attached hydrogens (primary N) is 1. The highest BCUT2D eigenvalue weighted by Gasteiger charge is 2.26. The average Bonchev–Trinajstić information content (AvgIpc) is 3.10. The summed E-state index contributed by atoms with van der Waals surface area (Å²) in [5, 5.41) is 2.92. The number of piperazine rings is 1. The van der Waals surface area contributed by atoms with Gasteiger partial charge < -0.3 is 5.73 Å². The number of amides is 3. The van der Waals surface area contributed by atoms with Crippen molar-refractivity contribution in [3.63, 3.8) is 0 Å². The Kier molecular flexibility index (Phi) is 6.49. The Morgan fingerprint density at radius 2 is 1.89 bits per heavy atom. The lowest BCUT2D eigenvalue weighted by atomic mass is 10.2. The molecule has 3 N–H and O–H groups in total. The van der Waals surface area contributed by atoms with E-state index in [1.807, 2.05) is 24.3 Å². The van der Waals surface area contributed by atoms with Crippen LogP contribution in [0.2, 0.25) is 5.02 Å². The van der Waals surface area contributed by atoms with Gasteiger partial charge in [0.15, 0.2) is 0 Å². The van der Waals surface area contributed by atoms with Crippen LogP contribution in [0.5, 0.6) is 0 Å². The number of imide groups is 1. The molecule has 2 heterocycles. The molecule has 6 nitrogen and oxygen atoms in total. The van der Waals surface area contributed by atoms with Gasteiger partial charge in [0, 0.05) is 53.1 Å². The first-order valence-corrected chi connectivity index (χ1v) is 10.0. The molecule has 0 radical (unpaired) electrons. The van der Waals surface area contributed by atoms with Crippen LogP contribution in [0.4, 0.5) is 4.79 Å². The van der Waals surface area contributed by atoms with E-state index in [0.29, 0.717) is 0 Å². The molecule has 0 aliphatic carbocycles. The number of rotatable bonds is 5. The zero-order valence-electron chi connectivity index (χ0n) is 15.2. The summed E-state index contributed by atoms with van der Waals surface area (Å²) in [7, 11) is 0. The van der Waals surface area contributed by atoms with Crippen LogP contribution in [-0.4, -0.2) is 54.0 Å². The summed E-state index contributed by atoms with van der Waals surface area (Å²) in [4.78, 5) is 29.7. The highest BCUT2D eigenvalue weighted by molar-refractivity contribution is 7.15. The molecule has 1 aliphatic rings. The number of carbonyl (C=O) groups excluding carboxylic acids is 2. The molecule has 0 saturated carbocycles. The summed E-state index contributed by atoms with van der Waals surface area (Å²) in [5.41, 5.74) is 6.08. The molecule has 1 aliphatic heterocycles. The molecule has 3 amide bonds. The van der Waals surface area contributed by atoms with Crippen molar-refractivity contribution in [2.75, 3.05) is 26.2 Å². The second-order valence-electron chi connectivity index (χ2n) is 6.59. The maximum atomic E-state index is 11.9. The maximum Gasteiger partial charge on any atom is 0.318 e. The quantitative estimate of drug-likeness (QED) is 0.800. The summed E-state index contributed by atoms with van der Waals surface area (Å²) in [6.45, 7) is 5.96. The van der Waals surface area contributed by atoms with Gasteiger partial charge in [-0.25, -0.2) is 4.79 Å². The number of nitrogens with zero attached hydrogens (tertiary/aromatic N) is 2. The Labute approximate surface area is 167 Å². The predicted octanol–water partition coefficient (Wildman–Crippen LogP) is 2.77. The fraction of sp³-hybridized carbons (Fsp3) is 0.368. The lowest BCUT2D eigenvalue weighted by Gasteiger charge is -2.37. The Balaban J connectivity index is 1.53. The van der Waals surface area contributed by atoms with Crippen molar-refractivity contribution < 1.29 is 9.59 Å². The van der Waals surface area contributed by atoms with Crippen LogP contribution in [0.1, 0.15) is 11.8 Å². The second-order valence-corrected chi connectivity index (χ2v) is 8.16. The van der Waals surface area contributed by atoms with Crippen LogP contribution in [0.15, 0.2) is 36.4 Å². The van der Waals surface area contributed by atoms with Crippen LogP contribution in [0, 0.1) is 0 Å².